The lowest BCUT2D eigenvalue weighted by Crippen LogP contribution is -2.22. The van der Waals surface area contributed by atoms with Crippen LogP contribution in [0.5, 0.6) is 5.75 Å². The van der Waals surface area contributed by atoms with Crippen molar-refractivity contribution in [3.05, 3.63) is 72.5 Å². The van der Waals surface area contributed by atoms with E-state index < -0.39 is 0 Å². The lowest BCUT2D eigenvalue weighted by molar-refractivity contribution is -0.111. The van der Waals surface area contributed by atoms with Gasteiger partial charge in [-0.15, -0.1) is 0 Å². The number of aromatic nitrogens is 1. The van der Waals surface area contributed by atoms with E-state index in [0.29, 0.717) is 59.9 Å². The largest absolute Gasteiger partial charge is 0.486 e. The number of aliphatic hydroxyl groups excluding tert-OH is 1. The second-order valence-corrected chi connectivity index (χ2v) is 8.96. The summed E-state index contributed by atoms with van der Waals surface area (Å²) in [6, 6.07) is 13.4. The highest BCUT2D eigenvalue weighted by atomic mass is 16.5. The molecule has 0 spiro atoms. The number of carbonyl (C=O) groups excluding carboxylic acids is 1. The number of amides is 1. The lowest BCUT2D eigenvalue weighted by Gasteiger charge is -2.18. The van der Waals surface area contributed by atoms with Gasteiger partial charge in [0.05, 0.1) is 42.3 Å². The van der Waals surface area contributed by atoms with Gasteiger partial charge in [-0.3, -0.25) is 9.78 Å². The van der Waals surface area contributed by atoms with E-state index in [-0.39, 0.29) is 18.6 Å². The first kappa shape index (κ1) is 26.8. The Balaban J connectivity index is 1.71. The number of nitriles is 1. The molecule has 1 fully saturated rings. The average molecular weight is 514 g/mol. The first-order valence-corrected chi connectivity index (χ1v) is 12.4. The van der Waals surface area contributed by atoms with E-state index in [1.54, 1.807) is 24.3 Å². The molecule has 196 valence electrons. The number of nitrogens with one attached hydrogen (secondary N) is 2. The van der Waals surface area contributed by atoms with Crippen LogP contribution in [-0.2, 0) is 9.53 Å². The number of nitrogens with zero attached hydrogens (tertiary/aromatic N) is 3. The number of likely N-dealkylation sites (N-methyl/N-ethyl adjacent to an activating group) is 1. The summed E-state index contributed by atoms with van der Waals surface area (Å²) in [5, 5.41) is 25.8. The van der Waals surface area contributed by atoms with Crippen LogP contribution in [-0.4, -0.2) is 67.0 Å². The molecule has 9 nitrogen and oxygen atoms in total. The van der Waals surface area contributed by atoms with Crippen LogP contribution in [0.25, 0.3) is 17.0 Å². The summed E-state index contributed by atoms with van der Waals surface area (Å²) < 4.78 is 11.7. The fourth-order valence-electron chi connectivity index (χ4n) is 4.08. The molecular weight excluding hydrogens is 482 g/mol. The predicted octanol–water partition coefficient (Wildman–Crippen LogP) is 4.08. The molecular formula is C29H31N5O4. The standard InChI is InChI=1S/C29H31N5O4/c1-3-20-6-4-7-22(14-20)32-29-21(17-30)18-31-25-16-27(38-23-9-13-37-19-23)26(15-24(25)29)33-28(36)8-5-10-34(2)11-12-35/h3-8,14-16,18,23,35H,1,9-13,19H2,2H3,(H,31,32)(H,33,36). The molecule has 1 atom stereocenters. The van der Waals surface area contributed by atoms with E-state index in [0.717, 1.165) is 17.7 Å². The first-order valence-electron chi connectivity index (χ1n) is 12.4. The number of aliphatic hydroxyl groups is 1. The summed E-state index contributed by atoms with van der Waals surface area (Å²) in [6.07, 6.45) is 7.06. The Kier molecular flexibility index (Phi) is 9.06. The molecule has 1 aromatic heterocycles. The highest BCUT2D eigenvalue weighted by Crippen LogP contribution is 2.37. The zero-order valence-corrected chi connectivity index (χ0v) is 21.3. The predicted molar refractivity (Wildman–Crippen MR) is 148 cm³/mol. The van der Waals surface area contributed by atoms with Gasteiger partial charge in [-0.1, -0.05) is 30.9 Å². The molecule has 1 unspecified atom stereocenters. The van der Waals surface area contributed by atoms with Crippen LogP contribution in [0.3, 0.4) is 0 Å². The number of fused-ring (bicyclic) bond motifs is 1. The maximum atomic E-state index is 12.8. The Hall–Kier alpha value is -4.23. The number of hydrogen-bond donors (Lipinski definition) is 3. The summed E-state index contributed by atoms with van der Waals surface area (Å²) in [6.45, 7) is 5.98. The van der Waals surface area contributed by atoms with Crippen molar-refractivity contribution in [2.75, 3.05) is 50.6 Å². The molecule has 0 bridgehead atoms. The molecule has 1 saturated heterocycles. The van der Waals surface area contributed by atoms with Gasteiger partial charge in [-0.05, 0) is 30.8 Å². The van der Waals surface area contributed by atoms with Gasteiger partial charge in [0.25, 0.3) is 0 Å². The minimum absolute atomic E-state index is 0.0478. The van der Waals surface area contributed by atoms with Crippen LogP contribution < -0.4 is 15.4 Å². The third-order valence-electron chi connectivity index (χ3n) is 6.09. The normalized spacial score (nSPS) is 15.1. The number of anilines is 3. The molecule has 0 radical (unpaired) electrons. The minimum Gasteiger partial charge on any atom is -0.486 e. The topological polar surface area (TPSA) is 120 Å². The van der Waals surface area contributed by atoms with Crippen molar-refractivity contribution in [2.24, 2.45) is 0 Å². The molecule has 2 aromatic carbocycles. The summed E-state index contributed by atoms with van der Waals surface area (Å²) in [5.74, 6) is 0.149. The van der Waals surface area contributed by atoms with Crippen LogP contribution in [0, 0.1) is 11.3 Å². The molecule has 3 N–H and O–H groups in total. The molecule has 38 heavy (non-hydrogen) atoms. The van der Waals surface area contributed by atoms with Gasteiger partial charge in [-0.25, -0.2) is 0 Å². The van der Waals surface area contributed by atoms with Crippen molar-refractivity contribution in [1.82, 2.24) is 9.88 Å². The number of hydrogen-bond acceptors (Lipinski definition) is 8. The fourth-order valence-corrected chi connectivity index (χ4v) is 4.08. The van der Waals surface area contributed by atoms with Crippen molar-refractivity contribution >= 4 is 39.9 Å². The highest BCUT2D eigenvalue weighted by molar-refractivity contribution is 6.04. The van der Waals surface area contributed by atoms with Crippen LogP contribution in [0.2, 0.25) is 0 Å². The zero-order chi connectivity index (χ0) is 26.9. The molecule has 0 saturated carbocycles. The quantitative estimate of drug-likeness (QED) is 0.328. The number of pyridine rings is 1. The van der Waals surface area contributed by atoms with Crippen molar-refractivity contribution in [3.8, 4) is 11.8 Å². The molecule has 1 aliphatic rings. The Morgan fingerprint density at radius 1 is 1.39 bits per heavy atom. The van der Waals surface area contributed by atoms with E-state index in [1.807, 2.05) is 36.2 Å². The van der Waals surface area contributed by atoms with Gasteiger partial charge in [0, 0.05) is 48.9 Å². The van der Waals surface area contributed by atoms with E-state index >= 15 is 0 Å². The van der Waals surface area contributed by atoms with Gasteiger partial charge in [0.2, 0.25) is 5.91 Å². The molecule has 3 aromatic rings. The zero-order valence-electron chi connectivity index (χ0n) is 21.3. The molecule has 0 aliphatic carbocycles. The highest BCUT2D eigenvalue weighted by Gasteiger charge is 2.21. The van der Waals surface area contributed by atoms with Gasteiger partial charge in [0.15, 0.2) is 0 Å². The van der Waals surface area contributed by atoms with E-state index in [2.05, 4.69) is 28.3 Å². The van der Waals surface area contributed by atoms with Crippen molar-refractivity contribution in [3.63, 3.8) is 0 Å². The number of rotatable bonds is 11. The first-order chi connectivity index (χ1) is 18.5. The van der Waals surface area contributed by atoms with Gasteiger partial charge >= 0.3 is 0 Å². The van der Waals surface area contributed by atoms with Crippen molar-refractivity contribution in [1.29, 1.82) is 5.26 Å². The van der Waals surface area contributed by atoms with Crippen LogP contribution in [0.15, 0.2) is 61.3 Å². The SMILES string of the molecule is C=Cc1cccc(Nc2c(C#N)cnc3cc(OC4CCOC4)c(NC(=O)C=CCN(C)CCO)cc23)c1. The van der Waals surface area contributed by atoms with E-state index in [4.69, 9.17) is 14.6 Å². The van der Waals surface area contributed by atoms with Crippen molar-refractivity contribution < 1.29 is 19.4 Å². The fraction of sp³-hybridized carbons (Fsp3) is 0.276. The number of benzene rings is 2. The summed E-state index contributed by atoms with van der Waals surface area (Å²) >= 11 is 0. The smallest absolute Gasteiger partial charge is 0.248 e. The molecule has 1 amide bonds. The van der Waals surface area contributed by atoms with Crippen molar-refractivity contribution in [2.45, 2.75) is 12.5 Å². The molecule has 2 heterocycles. The Morgan fingerprint density at radius 2 is 2.26 bits per heavy atom. The monoisotopic (exact) mass is 513 g/mol. The summed E-state index contributed by atoms with van der Waals surface area (Å²) in [7, 11) is 1.86. The molecule has 9 heteroatoms. The van der Waals surface area contributed by atoms with Gasteiger partial charge < -0.3 is 30.1 Å². The third-order valence-corrected chi connectivity index (χ3v) is 6.09. The van der Waals surface area contributed by atoms with Crippen LogP contribution >= 0.6 is 0 Å². The minimum atomic E-state index is -0.327. The van der Waals surface area contributed by atoms with Crippen LogP contribution in [0.1, 0.15) is 17.5 Å². The molecule has 1 aliphatic heterocycles. The lowest BCUT2D eigenvalue weighted by atomic mass is 10.1. The summed E-state index contributed by atoms with van der Waals surface area (Å²) in [5.41, 5.74) is 3.73. The third kappa shape index (κ3) is 6.75. The number of ether oxygens (including phenoxy) is 2. The van der Waals surface area contributed by atoms with Gasteiger partial charge in [-0.2, -0.15) is 5.26 Å². The Labute approximate surface area is 222 Å². The summed E-state index contributed by atoms with van der Waals surface area (Å²) in [4.78, 5) is 19.2. The van der Waals surface area contributed by atoms with Gasteiger partial charge in [0.1, 0.15) is 17.9 Å². The Morgan fingerprint density at radius 3 is 3.00 bits per heavy atom. The second-order valence-electron chi connectivity index (χ2n) is 8.96. The Bertz CT molecular complexity index is 1380. The number of carbonyl (C=O) groups is 1. The maximum Gasteiger partial charge on any atom is 0.248 e. The van der Waals surface area contributed by atoms with E-state index in [1.165, 1.54) is 12.3 Å². The molecule has 4 rings (SSSR count). The maximum absolute atomic E-state index is 12.8. The van der Waals surface area contributed by atoms with Crippen LogP contribution in [0.4, 0.5) is 17.1 Å². The average Bonchev–Trinajstić information content (AvgIpc) is 3.43. The van der Waals surface area contributed by atoms with E-state index in [9.17, 15) is 10.1 Å². The second kappa shape index (κ2) is 12.8.